The molecule has 130 valence electrons. The lowest BCUT2D eigenvalue weighted by Crippen LogP contribution is -2.10. The van der Waals surface area contributed by atoms with Crippen molar-refractivity contribution >= 4 is 11.6 Å². The number of fused-ring (bicyclic) bond motifs is 3. The molecule has 3 heteroatoms. The first-order valence-corrected chi connectivity index (χ1v) is 9.48. The molecule has 0 radical (unpaired) electrons. The zero-order chi connectivity index (χ0) is 18.2. The highest BCUT2D eigenvalue weighted by atomic mass is 35.5. The lowest BCUT2D eigenvalue weighted by molar-refractivity contribution is 0.916. The molecule has 0 saturated carbocycles. The molecule has 0 atom stereocenters. The fraction of sp³-hybridized carbons (Fsp3) is 0.0833. The van der Waals surface area contributed by atoms with Gasteiger partial charge >= 0.3 is 0 Å². The minimum absolute atomic E-state index is 0.719. The first-order valence-electron chi connectivity index (χ1n) is 9.11. The number of halogens is 1. The Labute approximate surface area is 163 Å². The Morgan fingerprint density at radius 3 is 2.04 bits per heavy atom. The molecule has 1 aromatic heterocycles. The maximum atomic E-state index is 6.54. The maximum Gasteiger partial charge on any atom is 0.160 e. The second-order valence-corrected chi connectivity index (χ2v) is 7.13. The van der Waals surface area contributed by atoms with Crippen LogP contribution in [-0.2, 0) is 12.8 Å². The van der Waals surface area contributed by atoms with E-state index < -0.39 is 0 Å². The van der Waals surface area contributed by atoms with E-state index in [4.69, 9.17) is 21.6 Å². The van der Waals surface area contributed by atoms with E-state index >= 15 is 0 Å². The molecule has 0 fully saturated rings. The molecular weight excluding hydrogens is 352 g/mol. The summed E-state index contributed by atoms with van der Waals surface area (Å²) in [7, 11) is 0. The van der Waals surface area contributed by atoms with Gasteiger partial charge in [0.05, 0.1) is 11.4 Å². The summed E-state index contributed by atoms with van der Waals surface area (Å²) in [5.74, 6) is 0.737. The fourth-order valence-corrected chi connectivity index (χ4v) is 3.99. The van der Waals surface area contributed by atoms with E-state index in [-0.39, 0.29) is 0 Å². The van der Waals surface area contributed by atoms with Crippen molar-refractivity contribution in [3.05, 3.63) is 95.0 Å². The van der Waals surface area contributed by atoms with Gasteiger partial charge in [0.25, 0.3) is 0 Å². The van der Waals surface area contributed by atoms with E-state index in [1.807, 2.05) is 54.6 Å². The number of nitrogens with zero attached hydrogens (tertiary/aromatic N) is 2. The third kappa shape index (κ3) is 2.83. The van der Waals surface area contributed by atoms with Crippen molar-refractivity contribution in [1.29, 1.82) is 0 Å². The summed E-state index contributed by atoms with van der Waals surface area (Å²) in [6.45, 7) is 0. The van der Waals surface area contributed by atoms with Gasteiger partial charge in [0, 0.05) is 27.3 Å². The van der Waals surface area contributed by atoms with Crippen molar-refractivity contribution in [3.8, 4) is 33.9 Å². The van der Waals surface area contributed by atoms with Crippen LogP contribution in [0.4, 0.5) is 0 Å². The van der Waals surface area contributed by atoms with Crippen LogP contribution in [0.2, 0.25) is 5.02 Å². The molecule has 0 bridgehead atoms. The molecule has 4 aromatic rings. The van der Waals surface area contributed by atoms with Crippen molar-refractivity contribution in [1.82, 2.24) is 9.97 Å². The smallest absolute Gasteiger partial charge is 0.160 e. The molecule has 3 aromatic carbocycles. The highest BCUT2D eigenvalue weighted by Gasteiger charge is 2.24. The van der Waals surface area contributed by atoms with Crippen molar-refractivity contribution in [2.45, 2.75) is 12.8 Å². The minimum Gasteiger partial charge on any atom is -0.228 e. The number of benzene rings is 3. The van der Waals surface area contributed by atoms with Gasteiger partial charge < -0.3 is 0 Å². The molecule has 1 heterocycles. The average molecular weight is 369 g/mol. The highest BCUT2D eigenvalue weighted by Crippen LogP contribution is 2.39. The summed E-state index contributed by atoms with van der Waals surface area (Å²) < 4.78 is 0. The van der Waals surface area contributed by atoms with Crippen molar-refractivity contribution < 1.29 is 0 Å². The first-order chi connectivity index (χ1) is 13.3. The zero-order valence-corrected chi connectivity index (χ0v) is 15.4. The molecule has 0 saturated heterocycles. The highest BCUT2D eigenvalue weighted by molar-refractivity contribution is 6.33. The molecule has 0 unspecified atom stereocenters. The molecule has 1 aliphatic rings. The topological polar surface area (TPSA) is 25.8 Å². The molecule has 27 heavy (non-hydrogen) atoms. The minimum atomic E-state index is 0.719. The van der Waals surface area contributed by atoms with Crippen LogP contribution < -0.4 is 0 Å². The van der Waals surface area contributed by atoms with Crippen LogP contribution in [0, 0.1) is 0 Å². The van der Waals surface area contributed by atoms with Gasteiger partial charge in [0.2, 0.25) is 0 Å². The Morgan fingerprint density at radius 2 is 1.26 bits per heavy atom. The van der Waals surface area contributed by atoms with Gasteiger partial charge in [-0.1, -0.05) is 84.4 Å². The van der Waals surface area contributed by atoms with Crippen LogP contribution in [0.1, 0.15) is 11.1 Å². The summed E-state index contributed by atoms with van der Waals surface area (Å²) >= 11 is 6.54. The lowest BCUT2D eigenvalue weighted by Gasteiger charge is -2.22. The number of aryl methyl sites for hydroxylation is 1. The Hall–Kier alpha value is -2.97. The van der Waals surface area contributed by atoms with Crippen molar-refractivity contribution in [3.63, 3.8) is 0 Å². The zero-order valence-electron chi connectivity index (χ0n) is 14.7. The third-order valence-electron chi connectivity index (χ3n) is 5.08. The summed E-state index contributed by atoms with van der Waals surface area (Å²) in [4.78, 5) is 9.95. The molecule has 0 N–H and O–H groups in total. The Balaban J connectivity index is 1.83. The summed E-state index contributed by atoms with van der Waals surface area (Å²) in [5, 5.41) is 0.719. The van der Waals surface area contributed by atoms with E-state index in [9.17, 15) is 0 Å². The Bertz CT molecular complexity index is 1140. The fourth-order valence-electron chi connectivity index (χ4n) is 3.76. The molecular formula is C24H17ClN2. The van der Waals surface area contributed by atoms with Crippen LogP contribution in [0.15, 0.2) is 78.9 Å². The van der Waals surface area contributed by atoms with Crippen LogP contribution in [0.3, 0.4) is 0 Å². The number of rotatable bonds is 2. The quantitative estimate of drug-likeness (QED) is 0.419. The number of aromatic nitrogens is 2. The summed E-state index contributed by atoms with van der Waals surface area (Å²) in [6, 6.07) is 26.6. The van der Waals surface area contributed by atoms with E-state index in [0.29, 0.717) is 0 Å². The van der Waals surface area contributed by atoms with Gasteiger partial charge in [-0.2, -0.15) is 0 Å². The van der Waals surface area contributed by atoms with Gasteiger partial charge in [-0.3, -0.25) is 0 Å². The van der Waals surface area contributed by atoms with Crippen LogP contribution in [-0.4, -0.2) is 9.97 Å². The van der Waals surface area contributed by atoms with E-state index in [1.54, 1.807) is 0 Å². The second-order valence-electron chi connectivity index (χ2n) is 6.73. The standard InChI is InChI=1S/C24H17ClN2/c25-21-13-7-6-12-19(21)23-20-15-14-16-8-4-5-11-18(16)22(20)26-24(27-23)17-9-2-1-3-10-17/h1-13H,14-15H2. The number of hydrogen-bond acceptors (Lipinski definition) is 2. The van der Waals surface area contributed by atoms with Crippen LogP contribution in [0.5, 0.6) is 0 Å². The van der Waals surface area contributed by atoms with Gasteiger partial charge in [0.1, 0.15) is 0 Å². The van der Waals surface area contributed by atoms with Crippen molar-refractivity contribution in [2.75, 3.05) is 0 Å². The van der Waals surface area contributed by atoms with E-state index in [1.165, 1.54) is 16.7 Å². The molecule has 5 rings (SSSR count). The predicted octanol–water partition coefficient (Wildman–Crippen LogP) is 6.23. The SMILES string of the molecule is Clc1ccccc1-c1nc(-c2ccccc2)nc2c1CCc1ccccc1-2. The molecule has 2 nitrogen and oxygen atoms in total. The third-order valence-corrected chi connectivity index (χ3v) is 5.41. The van der Waals surface area contributed by atoms with Gasteiger partial charge in [-0.05, 0) is 24.5 Å². The first kappa shape index (κ1) is 16.2. The van der Waals surface area contributed by atoms with Crippen LogP contribution >= 0.6 is 11.6 Å². The molecule has 0 aliphatic heterocycles. The number of hydrogen-bond donors (Lipinski definition) is 0. The summed E-state index contributed by atoms with van der Waals surface area (Å²) in [5.41, 5.74) is 7.67. The normalized spacial score (nSPS) is 12.3. The average Bonchev–Trinajstić information content (AvgIpc) is 2.74. The van der Waals surface area contributed by atoms with Gasteiger partial charge in [-0.25, -0.2) is 9.97 Å². The monoisotopic (exact) mass is 368 g/mol. The molecule has 0 amide bonds. The second kappa shape index (κ2) is 6.64. The van der Waals surface area contributed by atoms with E-state index in [2.05, 4.69) is 24.3 Å². The maximum absolute atomic E-state index is 6.54. The van der Waals surface area contributed by atoms with Gasteiger partial charge in [-0.15, -0.1) is 0 Å². The Kier molecular flexibility index (Phi) is 3.99. The predicted molar refractivity (Wildman–Crippen MR) is 111 cm³/mol. The van der Waals surface area contributed by atoms with Crippen molar-refractivity contribution in [2.24, 2.45) is 0 Å². The Morgan fingerprint density at radius 1 is 0.630 bits per heavy atom. The van der Waals surface area contributed by atoms with Gasteiger partial charge in [0.15, 0.2) is 5.82 Å². The lowest BCUT2D eigenvalue weighted by atomic mass is 9.86. The van der Waals surface area contributed by atoms with E-state index in [0.717, 1.165) is 46.2 Å². The summed E-state index contributed by atoms with van der Waals surface area (Å²) in [6.07, 6.45) is 1.91. The molecule has 1 aliphatic carbocycles. The largest absolute Gasteiger partial charge is 0.228 e. The van der Waals surface area contributed by atoms with Crippen LogP contribution in [0.25, 0.3) is 33.9 Å². The molecule has 0 spiro atoms.